The monoisotopic (exact) mass is 372 g/mol. The molecule has 1 N–H and O–H groups in total. The summed E-state index contributed by atoms with van der Waals surface area (Å²) >= 11 is 0. The molecular weight excluding hydrogens is 348 g/mol. The standard InChI is InChI=1S/C19H24N4O4/c1-3-27-19(26)22-11-9-21(10-12-22)18(25)13-23-8-7-15-16(20-14(2)24)5-4-6-17(15)23/h4-8H,3,9-13H2,1-2H3,(H,20,24). The van der Waals surface area contributed by atoms with Gasteiger partial charge in [0.2, 0.25) is 11.8 Å². The van der Waals surface area contributed by atoms with E-state index in [1.54, 1.807) is 16.7 Å². The van der Waals surface area contributed by atoms with Crippen LogP contribution < -0.4 is 5.32 Å². The predicted octanol–water partition coefficient (Wildman–Crippen LogP) is 1.90. The number of carbonyl (C=O) groups is 3. The van der Waals surface area contributed by atoms with E-state index in [1.165, 1.54) is 6.92 Å². The zero-order valence-electron chi connectivity index (χ0n) is 15.6. The number of aromatic nitrogens is 1. The maximum Gasteiger partial charge on any atom is 0.409 e. The summed E-state index contributed by atoms with van der Waals surface area (Å²) in [5, 5.41) is 3.70. The molecule has 0 saturated carbocycles. The van der Waals surface area contributed by atoms with Gasteiger partial charge in [-0.2, -0.15) is 0 Å². The highest BCUT2D eigenvalue weighted by Crippen LogP contribution is 2.24. The number of amides is 3. The van der Waals surface area contributed by atoms with Crippen molar-refractivity contribution < 1.29 is 19.1 Å². The van der Waals surface area contributed by atoms with Crippen molar-refractivity contribution in [2.45, 2.75) is 20.4 Å². The quantitative estimate of drug-likeness (QED) is 0.888. The molecule has 0 aliphatic carbocycles. The second-order valence-corrected chi connectivity index (χ2v) is 6.43. The third-order valence-corrected chi connectivity index (χ3v) is 4.59. The highest BCUT2D eigenvalue weighted by Gasteiger charge is 2.25. The van der Waals surface area contributed by atoms with Gasteiger partial charge >= 0.3 is 6.09 Å². The van der Waals surface area contributed by atoms with Gasteiger partial charge in [-0.05, 0) is 25.1 Å². The number of nitrogens with zero attached hydrogens (tertiary/aromatic N) is 3. The number of piperazine rings is 1. The Bertz CT molecular complexity index is 853. The molecule has 3 rings (SSSR count). The lowest BCUT2D eigenvalue weighted by Gasteiger charge is -2.34. The van der Waals surface area contributed by atoms with E-state index in [0.717, 1.165) is 16.6 Å². The fourth-order valence-corrected chi connectivity index (χ4v) is 3.26. The van der Waals surface area contributed by atoms with Gasteiger partial charge in [-0.3, -0.25) is 9.59 Å². The number of hydrogen-bond acceptors (Lipinski definition) is 4. The van der Waals surface area contributed by atoms with E-state index in [-0.39, 0.29) is 24.5 Å². The first-order chi connectivity index (χ1) is 13.0. The number of hydrogen-bond donors (Lipinski definition) is 1. The molecule has 1 fully saturated rings. The third kappa shape index (κ3) is 4.21. The van der Waals surface area contributed by atoms with E-state index < -0.39 is 0 Å². The maximum absolute atomic E-state index is 12.7. The van der Waals surface area contributed by atoms with E-state index in [0.29, 0.717) is 32.8 Å². The molecule has 2 aromatic rings. The normalized spacial score (nSPS) is 14.3. The van der Waals surface area contributed by atoms with E-state index in [1.807, 2.05) is 35.0 Å². The van der Waals surface area contributed by atoms with Crippen LogP contribution in [0.1, 0.15) is 13.8 Å². The Balaban J connectivity index is 1.65. The highest BCUT2D eigenvalue weighted by atomic mass is 16.6. The van der Waals surface area contributed by atoms with Gasteiger partial charge in [-0.1, -0.05) is 6.07 Å². The number of anilines is 1. The Labute approximate surface area is 157 Å². The van der Waals surface area contributed by atoms with Crippen molar-refractivity contribution in [2.75, 3.05) is 38.1 Å². The van der Waals surface area contributed by atoms with Crippen molar-refractivity contribution in [1.29, 1.82) is 0 Å². The zero-order chi connectivity index (χ0) is 19.4. The van der Waals surface area contributed by atoms with E-state index >= 15 is 0 Å². The molecular formula is C19H24N4O4. The summed E-state index contributed by atoms with van der Waals surface area (Å²) in [5.41, 5.74) is 1.62. The molecule has 1 aliphatic rings. The largest absolute Gasteiger partial charge is 0.450 e. The Kier molecular flexibility index (Phi) is 5.63. The number of nitrogens with one attached hydrogen (secondary N) is 1. The second-order valence-electron chi connectivity index (χ2n) is 6.43. The van der Waals surface area contributed by atoms with Crippen LogP contribution in [0.2, 0.25) is 0 Å². The lowest BCUT2D eigenvalue weighted by atomic mass is 10.2. The molecule has 3 amide bonds. The topological polar surface area (TPSA) is 83.9 Å². The van der Waals surface area contributed by atoms with Crippen LogP contribution in [0.3, 0.4) is 0 Å². The summed E-state index contributed by atoms with van der Waals surface area (Å²) < 4.78 is 6.87. The molecule has 0 spiro atoms. The van der Waals surface area contributed by atoms with Gasteiger partial charge < -0.3 is 24.4 Å². The molecule has 144 valence electrons. The summed E-state index contributed by atoms with van der Waals surface area (Å²) in [6, 6.07) is 7.51. The summed E-state index contributed by atoms with van der Waals surface area (Å²) in [7, 11) is 0. The van der Waals surface area contributed by atoms with Gasteiger partial charge in [0.1, 0.15) is 6.54 Å². The lowest BCUT2D eigenvalue weighted by molar-refractivity contribution is -0.133. The minimum absolute atomic E-state index is 0.000869. The number of benzene rings is 1. The third-order valence-electron chi connectivity index (χ3n) is 4.59. The molecule has 8 nitrogen and oxygen atoms in total. The van der Waals surface area contributed by atoms with Crippen LogP contribution in [0, 0.1) is 0 Å². The molecule has 1 aromatic heterocycles. The Hall–Kier alpha value is -3.03. The van der Waals surface area contributed by atoms with Crippen LogP contribution in [0.15, 0.2) is 30.5 Å². The average molecular weight is 372 g/mol. The molecule has 2 heterocycles. The SMILES string of the molecule is CCOC(=O)N1CCN(C(=O)Cn2ccc3c(NC(C)=O)cccc32)CC1. The van der Waals surface area contributed by atoms with Crippen molar-refractivity contribution in [3.05, 3.63) is 30.5 Å². The molecule has 1 aliphatic heterocycles. The van der Waals surface area contributed by atoms with E-state index in [4.69, 9.17) is 4.74 Å². The van der Waals surface area contributed by atoms with Crippen molar-refractivity contribution in [1.82, 2.24) is 14.4 Å². The number of rotatable bonds is 4. The van der Waals surface area contributed by atoms with Gasteiger partial charge in [0.15, 0.2) is 0 Å². The first kappa shape index (κ1) is 18.8. The van der Waals surface area contributed by atoms with Crippen LogP contribution in [-0.2, 0) is 20.9 Å². The molecule has 1 aromatic carbocycles. The van der Waals surface area contributed by atoms with Crippen LogP contribution in [-0.4, -0.2) is 65.1 Å². The second kappa shape index (κ2) is 8.11. The lowest BCUT2D eigenvalue weighted by Crippen LogP contribution is -2.51. The van der Waals surface area contributed by atoms with Crippen molar-refractivity contribution >= 4 is 34.5 Å². The predicted molar refractivity (Wildman–Crippen MR) is 101 cm³/mol. The van der Waals surface area contributed by atoms with Gasteiger partial charge in [0.25, 0.3) is 0 Å². The Morgan fingerprint density at radius 2 is 1.78 bits per heavy atom. The summed E-state index contributed by atoms with van der Waals surface area (Å²) in [6.45, 7) is 5.74. The molecule has 1 saturated heterocycles. The molecule has 0 radical (unpaired) electrons. The minimum atomic E-state index is -0.327. The van der Waals surface area contributed by atoms with Crippen molar-refractivity contribution in [3.63, 3.8) is 0 Å². The first-order valence-electron chi connectivity index (χ1n) is 9.04. The van der Waals surface area contributed by atoms with Gasteiger partial charge in [0.05, 0.1) is 17.8 Å². The fourth-order valence-electron chi connectivity index (χ4n) is 3.26. The minimum Gasteiger partial charge on any atom is -0.450 e. The smallest absolute Gasteiger partial charge is 0.409 e. The number of fused-ring (bicyclic) bond motifs is 1. The zero-order valence-corrected chi connectivity index (χ0v) is 15.6. The van der Waals surface area contributed by atoms with Crippen LogP contribution in [0.25, 0.3) is 10.9 Å². The molecule has 0 atom stereocenters. The van der Waals surface area contributed by atoms with Crippen molar-refractivity contribution in [3.8, 4) is 0 Å². The summed E-state index contributed by atoms with van der Waals surface area (Å²) in [4.78, 5) is 39.2. The van der Waals surface area contributed by atoms with Crippen molar-refractivity contribution in [2.24, 2.45) is 0 Å². The van der Waals surface area contributed by atoms with E-state index in [2.05, 4.69) is 5.32 Å². The van der Waals surface area contributed by atoms with E-state index in [9.17, 15) is 14.4 Å². The first-order valence-corrected chi connectivity index (χ1v) is 9.04. The molecule has 0 bridgehead atoms. The molecule has 27 heavy (non-hydrogen) atoms. The average Bonchev–Trinajstić information content (AvgIpc) is 3.05. The number of ether oxygens (including phenoxy) is 1. The molecule has 8 heteroatoms. The fraction of sp³-hybridized carbons (Fsp3) is 0.421. The Morgan fingerprint density at radius 1 is 1.07 bits per heavy atom. The molecule has 0 unspecified atom stereocenters. The van der Waals surface area contributed by atoms with Crippen LogP contribution >= 0.6 is 0 Å². The van der Waals surface area contributed by atoms with Gasteiger partial charge in [-0.25, -0.2) is 4.79 Å². The van der Waals surface area contributed by atoms with Crippen LogP contribution in [0.5, 0.6) is 0 Å². The summed E-state index contributed by atoms with van der Waals surface area (Å²) in [5.74, 6) is -0.133. The van der Waals surface area contributed by atoms with Gasteiger partial charge in [-0.15, -0.1) is 0 Å². The number of carbonyl (C=O) groups excluding carboxylic acids is 3. The van der Waals surface area contributed by atoms with Gasteiger partial charge in [0, 0.05) is 44.7 Å². The maximum atomic E-state index is 12.7. The highest BCUT2D eigenvalue weighted by molar-refractivity contribution is 6.01. The van der Waals surface area contributed by atoms with Crippen LogP contribution in [0.4, 0.5) is 10.5 Å². The summed E-state index contributed by atoms with van der Waals surface area (Å²) in [6.07, 6.45) is 1.52. The Morgan fingerprint density at radius 3 is 2.44 bits per heavy atom.